The van der Waals surface area contributed by atoms with Gasteiger partial charge in [-0.2, -0.15) is 0 Å². The molecule has 0 aromatic heterocycles. The number of halogens is 2. The van der Waals surface area contributed by atoms with Crippen LogP contribution in [0.15, 0.2) is 10.6 Å². The van der Waals surface area contributed by atoms with E-state index in [2.05, 4.69) is 0 Å². The molecule has 1 unspecified atom stereocenters. The largest absolute Gasteiger partial charge is 0.393 e. The maximum absolute atomic E-state index is 8.53. The number of hydrogen-bond donors (Lipinski definition) is 2. The molecule has 0 bridgehead atoms. The highest BCUT2D eigenvalue weighted by Gasteiger charge is 1.95. The van der Waals surface area contributed by atoms with Gasteiger partial charge in [-0.25, -0.2) is 0 Å². The van der Waals surface area contributed by atoms with E-state index in [1.165, 1.54) is 0 Å². The van der Waals surface area contributed by atoms with Crippen LogP contribution in [0.25, 0.3) is 0 Å². The van der Waals surface area contributed by atoms with Gasteiger partial charge in [-0.15, -0.1) is 0 Å². The Labute approximate surface area is 57.3 Å². The lowest BCUT2D eigenvalue weighted by Gasteiger charge is -1.96. The molecule has 4 heteroatoms. The first kappa shape index (κ1) is 8.24. The molecule has 0 saturated carbocycles. The number of rotatable bonds is 2. The van der Waals surface area contributed by atoms with Gasteiger partial charge < -0.3 is 10.2 Å². The average Bonchev–Trinajstić information content (AvgIpc) is 1.65. The second-order valence-electron chi connectivity index (χ2n) is 1.21. The summed E-state index contributed by atoms with van der Waals surface area (Å²) in [7, 11) is 0. The second-order valence-corrected chi connectivity index (χ2v) is 2.21. The van der Waals surface area contributed by atoms with Gasteiger partial charge in [0.05, 0.1) is 12.7 Å². The van der Waals surface area contributed by atoms with Crippen LogP contribution in [0.5, 0.6) is 0 Å². The van der Waals surface area contributed by atoms with Crippen molar-refractivity contribution in [3.8, 4) is 0 Å². The first-order valence-corrected chi connectivity index (χ1v) is 2.74. The molecular formula is C4H6Cl2O2. The summed E-state index contributed by atoms with van der Waals surface area (Å²) < 4.78 is -0.0356. The van der Waals surface area contributed by atoms with Crippen molar-refractivity contribution < 1.29 is 10.2 Å². The van der Waals surface area contributed by atoms with Gasteiger partial charge in [-0.05, 0) is 6.08 Å². The van der Waals surface area contributed by atoms with Crippen LogP contribution in [0.4, 0.5) is 0 Å². The fraction of sp³-hybridized carbons (Fsp3) is 0.500. The van der Waals surface area contributed by atoms with Crippen molar-refractivity contribution >= 4 is 23.2 Å². The third-order valence-electron chi connectivity index (χ3n) is 0.505. The van der Waals surface area contributed by atoms with E-state index >= 15 is 0 Å². The highest BCUT2D eigenvalue weighted by atomic mass is 35.5. The fourth-order valence-corrected chi connectivity index (χ4v) is 0.489. The van der Waals surface area contributed by atoms with Crippen molar-refractivity contribution in [3.63, 3.8) is 0 Å². The lowest BCUT2D eigenvalue weighted by Crippen LogP contribution is -2.07. The van der Waals surface area contributed by atoms with Crippen molar-refractivity contribution in [2.45, 2.75) is 6.10 Å². The van der Waals surface area contributed by atoms with Crippen molar-refractivity contribution in [1.29, 1.82) is 0 Å². The molecule has 0 rings (SSSR count). The molecule has 8 heavy (non-hydrogen) atoms. The molecule has 0 aromatic carbocycles. The molecule has 0 aliphatic carbocycles. The van der Waals surface area contributed by atoms with Gasteiger partial charge in [0.2, 0.25) is 0 Å². The SMILES string of the molecule is OCC(O)C=C(Cl)Cl. The minimum atomic E-state index is -0.944. The van der Waals surface area contributed by atoms with Crippen LogP contribution in [0.1, 0.15) is 0 Å². The third-order valence-corrected chi connectivity index (χ3v) is 0.757. The summed E-state index contributed by atoms with van der Waals surface area (Å²) in [5, 5.41) is 16.7. The minimum absolute atomic E-state index is 0.0356. The second kappa shape index (κ2) is 4.15. The van der Waals surface area contributed by atoms with E-state index in [9.17, 15) is 0 Å². The molecule has 0 aromatic rings. The standard InChI is InChI=1S/C4H6Cl2O2/c5-4(6)1-3(8)2-7/h1,3,7-8H,2H2. The molecule has 0 radical (unpaired) electrons. The van der Waals surface area contributed by atoms with Crippen molar-refractivity contribution in [2.24, 2.45) is 0 Å². The van der Waals surface area contributed by atoms with Crippen molar-refractivity contribution in [1.82, 2.24) is 0 Å². The third kappa shape index (κ3) is 4.40. The predicted octanol–water partition coefficient (Wildman–Crippen LogP) is 0.659. The van der Waals surface area contributed by atoms with Crippen LogP contribution in [0.3, 0.4) is 0 Å². The Bertz CT molecular complexity index is 88.0. The van der Waals surface area contributed by atoms with Gasteiger partial charge >= 0.3 is 0 Å². The summed E-state index contributed by atoms with van der Waals surface area (Å²) >= 11 is 10.2. The molecular weight excluding hydrogens is 151 g/mol. The van der Waals surface area contributed by atoms with Crippen LogP contribution in [0, 0.1) is 0 Å². The molecule has 0 fully saturated rings. The van der Waals surface area contributed by atoms with Crippen LogP contribution < -0.4 is 0 Å². The molecule has 0 saturated heterocycles. The maximum Gasteiger partial charge on any atom is 0.105 e. The summed E-state index contributed by atoms with van der Waals surface area (Å²) in [6.07, 6.45) is 0.198. The maximum atomic E-state index is 8.53. The van der Waals surface area contributed by atoms with Crippen LogP contribution in [-0.2, 0) is 0 Å². The molecule has 2 nitrogen and oxygen atoms in total. The molecule has 0 amide bonds. The molecule has 0 aliphatic rings. The highest BCUT2D eigenvalue weighted by molar-refractivity contribution is 6.55. The fourth-order valence-electron chi connectivity index (χ4n) is 0.198. The van der Waals surface area contributed by atoms with Crippen LogP contribution in [-0.4, -0.2) is 22.9 Å². The molecule has 0 spiro atoms. The van der Waals surface area contributed by atoms with Crippen molar-refractivity contribution in [3.05, 3.63) is 10.6 Å². The van der Waals surface area contributed by atoms with Gasteiger partial charge in [-0.3, -0.25) is 0 Å². The Balaban J connectivity index is 3.51. The van der Waals surface area contributed by atoms with Crippen LogP contribution >= 0.6 is 23.2 Å². The van der Waals surface area contributed by atoms with Gasteiger partial charge in [0.15, 0.2) is 0 Å². The number of aliphatic hydroxyl groups is 2. The average molecular weight is 157 g/mol. The Kier molecular flexibility index (Phi) is 4.28. The molecule has 0 heterocycles. The smallest absolute Gasteiger partial charge is 0.105 e. The summed E-state index contributed by atoms with van der Waals surface area (Å²) in [4.78, 5) is 0. The molecule has 1 atom stereocenters. The van der Waals surface area contributed by atoms with E-state index in [-0.39, 0.29) is 11.1 Å². The quantitative estimate of drug-likeness (QED) is 0.617. The Morgan fingerprint density at radius 1 is 1.62 bits per heavy atom. The van der Waals surface area contributed by atoms with Gasteiger partial charge in [-0.1, -0.05) is 23.2 Å². The lowest BCUT2D eigenvalue weighted by molar-refractivity contribution is 0.131. The summed E-state index contributed by atoms with van der Waals surface area (Å²) in [5.41, 5.74) is 0. The van der Waals surface area contributed by atoms with E-state index in [1.807, 2.05) is 0 Å². The summed E-state index contributed by atoms with van der Waals surface area (Å²) in [6, 6.07) is 0. The molecule has 48 valence electrons. The monoisotopic (exact) mass is 156 g/mol. The van der Waals surface area contributed by atoms with E-state index < -0.39 is 6.10 Å². The first-order chi connectivity index (χ1) is 3.66. The van der Waals surface area contributed by atoms with Crippen molar-refractivity contribution in [2.75, 3.05) is 6.61 Å². The van der Waals surface area contributed by atoms with E-state index in [1.54, 1.807) is 0 Å². The van der Waals surface area contributed by atoms with E-state index in [0.717, 1.165) is 6.08 Å². The number of hydrogen-bond acceptors (Lipinski definition) is 2. The Morgan fingerprint density at radius 3 is 2.25 bits per heavy atom. The first-order valence-electron chi connectivity index (χ1n) is 1.98. The molecule has 2 N–H and O–H groups in total. The zero-order valence-electron chi connectivity index (χ0n) is 4.01. The molecule has 0 aliphatic heterocycles. The van der Waals surface area contributed by atoms with Gasteiger partial charge in [0.1, 0.15) is 4.49 Å². The topological polar surface area (TPSA) is 40.5 Å². The van der Waals surface area contributed by atoms with Gasteiger partial charge in [0, 0.05) is 0 Å². The summed E-state index contributed by atoms with van der Waals surface area (Å²) in [5.74, 6) is 0. The zero-order chi connectivity index (χ0) is 6.57. The minimum Gasteiger partial charge on any atom is -0.393 e. The van der Waals surface area contributed by atoms with Gasteiger partial charge in [0.25, 0.3) is 0 Å². The Hall–Kier alpha value is 0.240. The lowest BCUT2D eigenvalue weighted by atomic mass is 10.4. The summed E-state index contributed by atoms with van der Waals surface area (Å²) in [6.45, 7) is -0.358. The van der Waals surface area contributed by atoms with Crippen LogP contribution in [0.2, 0.25) is 0 Å². The Morgan fingerprint density at radius 2 is 2.12 bits per heavy atom. The van der Waals surface area contributed by atoms with E-state index in [0.29, 0.717) is 0 Å². The predicted molar refractivity (Wildman–Crippen MR) is 32.9 cm³/mol. The van der Waals surface area contributed by atoms with E-state index in [4.69, 9.17) is 33.4 Å². The normalized spacial score (nSPS) is 13.0. The zero-order valence-corrected chi connectivity index (χ0v) is 5.52. The highest BCUT2D eigenvalue weighted by Crippen LogP contribution is 2.06. The number of aliphatic hydroxyl groups excluding tert-OH is 2.